The standard InChI is InChI=1S/C16H26N2O/c1-3-16(19,4-2)12-18-11-13(9-10-17)14-7-5-6-8-15(14)18/h5-8,13,19H,3-4,9-12,17H2,1-2H3. The zero-order valence-corrected chi connectivity index (χ0v) is 12.1. The van der Waals surface area contributed by atoms with Crippen molar-refractivity contribution >= 4 is 5.69 Å². The molecule has 0 spiro atoms. The minimum atomic E-state index is -0.579. The Morgan fingerprint density at radius 2 is 2.00 bits per heavy atom. The minimum Gasteiger partial charge on any atom is -0.388 e. The number of hydrogen-bond donors (Lipinski definition) is 2. The normalized spacial score (nSPS) is 18.7. The van der Waals surface area contributed by atoms with Crippen LogP contribution in [0.25, 0.3) is 0 Å². The lowest BCUT2D eigenvalue weighted by molar-refractivity contribution is 0.0395. The highest BCUT2D eigenvalue weighted by molar-refractivity contribution is 5.60. The topological polar surface area (TPSA) is 49.5 Å². The van der Waals surface area contributed by atoms with Crippen LogP contribution in [-0.4, -0.2) is 30.3 Å². The molecule has 0 amide bonds. The van der Waals surface area contributed by atoms with Crippen LogP contribution >= 0.6 is 0 Å². The summed E-state index contributed by atoms with van der Waals surface area (Å²) < 4.78 is 0. The number of nitrogens with zero attached hydrogens (tertiary/aromatic N) is 1. The molecule has 1 aliphatic rings. The highest BCUT2D eigenvalue weighted by Gasteiger charge is 2.33. The second-order valence-electron chi connectivity index (χ2n) is 5.65. The monoisotopic (exact) mass is 262 g/mol. The largest absolute Gasteiger partial charge is 0.388 e. The first-order valence-electron chi connectivity index (χ1n) is 7.40. The summed E-state index contributed by atoms with van der Waals surface area (Å²) in [6.45, 7) is 6.54. The number of β-amino-alcohol motifs (C(OH)–C–C–N with tert-alkyl or cyclic N) is 1. The van der Waals surface area contributed by atoms with E-state index in [0.717, 1.165) is 38.9 Å². The second-order valence-corrected chi connectivity index (χ2v) is 5.65. The van der Waals surface area contributed by atoms with Gasteiger partial charge in [-0.2, -0.15) is 0 Å². The molecule has 1 heterocycles. The molecule has 106 valence electrons. The van der Waals surface area contributed by atoms with Crippen molar-refractivity contribution < 1.29 is 5.11 Å². The van der Waals surface area contributed by atoms with Gasteiger partial charge in [-0.05, 0) is 37.4 Å². The Bertz CT molecular complexity index is 415. The third-order valence-corrected chi connectivity index (χ3v) is 4.47. The van der Waals surface area contributed by atoms with Crippen molar-refractivity contribution in [1.29, 1.82) is 0 Å². The summed E-state index contributed by atoms with van der Waals surface area (Å²) in [6, 6.07) is 8.54. The van der Waals surface area contributed by atoms with Crippen molar-refractivity contribution in [2.75, 3.05) is 24.5 Å². The first-order chi connectivity index (χ1) is 9.13. The van der Waals surface area contributed by atoms with Crippen LogP contribution in [0.5, 0.6) is 0 Å². The number of para-hydroxylation sites is 1. The van der Waals surface area contributed by atoms with Gasteiger partial charge in [0.2, 0.25) is 0 Å². The van der Waals surface area contributed by atoms with Crippen molar-refractivity contribution in [3.63, 3.8) is 0 Å². The molecule has 3 N–H and O–H groups in total. The van der Waals surface area contributed by atoms with Crippen LogP contribution in [-0.2, 0) is 0 Å². The number of benzene rings is 1. The predicted molar refractivity (Wildman–Crippen MR) is 80.6 cm³/mol. The van der Waals surface area contributed by atoms with Crippen LogP contribution in [0.2, 0.25) is 0 Å². The molecule has 19 heavy (non-hydrogen) atoms. The quantitative estimate of drug-likeness (QED) is 0.828. The van der Waals surface area contributed by atoms with Gasteiger partial charge in [-0.3, -0.25) is 0 Å². The Kier molecular flexibility index (Phi) is 4.48. The smallest absolute Gasteiger partial charge is 0.0816 e. The maximum absolute atomic E-state index is 10.6. The zero-order valence-electron chi connectivity index (χ0n) is 12.1. The van der Waals surface area contributed by atoms with E-state index in [4.69, 9.17) is 5.73 Å². The molecule has 0 saturated carbocycles. The summed E-state index contributed by atoms with van der Waals surface area (Å²) in [5, 5.41) is 10.6. The summed E-state index contributed by atoms with van der Waals surface area (Å²) in [4.78, 5) is 2.34. The summed E-state index contributed by atoms with van der Waals surface area (Å²) in [7, 11) is 0. The van der Waals surface area contributed by atoms with E-state index in [1.807, 2.05) is 0 Å². The van der Waals surface area contributed by atoms with Crippen LogP contribution in [0.3, 0.4) is 0 Å². The number of aliphatic hydroxyl groups is 1. The number of anilines is 1. The van der Waals surface area contributed by atoms with Crippen LogP contribution in [0.4, 0.5) is 5.69 Å². The number of nitrogens with two attached hydrogens (primary N) is 1. The van der Waals surface area contributed by atoms with Crippen LogP contribution in [0.1, 0.15) is 44.6 Å². The fourth-order valence-electron chi connectivity index (χ4n) is 3.01. The van der Waals surface area contributed by atoms with Gasteiger partial charge in [0.25, 0.3) is 0 Å². The summed E-state index contributed by atoms with van der Waals surface area (Å²) in [5.74, 6) is 0.513. The second kappa shape index (κ2) is 5.93. The van der Waals surface area contributed by atoms with Crippen LogP contribution in [0.15, 0.2) is 24.3 Å². The summed E-state index contributed by atoms with van der Waals surface area (Å²) in [5.41, 5.74) is 7.81. The molecular formula is C16H26N2O. The van der Waals surface area contributed by atoms with Crippen LogP contribution in [0, 0.1) is 0 Å². The van der Waals surface area contributed by atoms with E-state index in [1.54, 1.807) is 0 Å². The van der Waals surface area contributed by atoms with E-state index >= 15 is 0 Å². The fraction of sp³-hybridized carbons (Fsp3) is 0.625. The maximum Gasteiger partial charge on any atom is 0.0816 e. The lowest BCUT2D eigenvalue weighted by atomic mass is 9.97. The van der Waals surface area contributed by atoms with Gasteiger partial charge in [0.15, 0.2) is 0 Å². The van der Waals surface area contributed by atoms with E-state index in [0.29, 0.717) is 5.92 Å². The highest BCUT2D eigenvalue weighted by Crippen LogP contribution is 2.38. The molecule has 0 aliphatic carbocycles. The molecule has 0 aromatic heterocycles. The van der Waals surface area contributed by atoms with E-state index in [9.17, 15) is 5.11 Å². The van der Waals surface area contributed by atoms with Crippen molar-refractivity contribution in [2.24, 2.45) is 5.73 Å². The molecule has 0 radical (unpaired) electrons. The van der Waals surface area contributed by atoms with Crippen molar-refractivity contribution in [2.45, 2.75) is 44.6 Å². The maximum atomic E-state index is 10.6. The first kappa shape index (κ1) is 14.4. The van der Waals surface area contributed by atoms with E-state index in [2.05, 4.69) is 43.0 Å². The van der Waals surface area contributed by atoms with Gasteiger partial charge in [-0.25, -0.2) is 0 Å². The molecule has 1 unspecified atom stereocenters. The molecule has 0 saturated heterocycles. The Labute approximate surface area is 116 Å². The highest BCUT2D eigenvalue weighted by atomic mass is 16.3. The molecule has 0 fully saturated rings. The van der Waals surface area contributed by atoms with E-state index < -0.39 is 5.60 Å². The van der Waals surface area contributed by atoms with Crippen molar-refractivity contribution in [1.82, 2.24) is 0 Å². The van der Waals surface area contributed by atoms with Crippen LogP contribution < -0.4 is 10.6 Å². The number of fused-ring (bicyclic) bond motifs is 1. The van der Waals surface area contributed by atoms with E-state index in [-0.39, 0.29) is 0 Å². The minimum absolute atomic E-state index is 0.513. The van der Waals surface area contributed by atoms with Gasteiger partial charge in [-0.15, -0.1) is 0 Å². The Hall–Kier alpha value is -1.06. The molecule has 1 atom stereocenters. The van der Waals surface area contributed by atoms with Gasteiger partial charge < -0.3 is 15.7 Å². The Morgan fingerprint density at radius 1 is 1.32 bits per heavy atom. The predicted octanol–water partition coefficient (Wildman–Crippen LogP) is 2.49. The Balaban J connectivity index is 2.20. The molecule has 1 aromatic carbocycles. The SMILES string of the molecule is CCC(O)(CC)CN1CC(CCN)c2ccccc21. The van der Waals surface area contributed by atoms with Gasteiger partial charge in [-0.1, -0.05) is 32.0 Å². The third-order valence-electron chi connectivity index (χ3n) is 4.47. The Morgan fingerprint density at radius 3 is 2.63 bits per heavy atom. The molecule has 3 heteroatoms. The number of hydrogen-bond acceptors (Lipinski definition) is 3. The number of rotatable bonds is 6. The van der Waals surface area contributed by atoms with Gasteiger partial charge in [0, 0.05) is 24.7 Å². The summed E-state index contributed by atoms with van der Waals surface area (Å²) >= 11 is 0. The average molecular weight is 262 g/mol. The average Bonchev–Trinajstić information content (AvgIpc) is 2.78. The first-order valence-corrected chi connectivity index (χ1v) is 7.40. The third kappa shape index (κ3) is 2.93. The van der Waals surface area contributed by atoms with Gasteiger partial charge in [0.1, 0.15) is 0 Å². The van der Waals surface area contributed by atoms with Crippen molar-refractivity contribution in [3.05, 3.63) is 29.8 Å². The lowest BCUT2D eigenvalue weighted by Gasteiger charge is -2.32. The van der Waals surface area contributed by atoms with Crippen molar-refractivity contribution in [3.8, 4) is 0 Å². The summed E-state index contributed by atoms with van der Waals surface area (Å²) in [6.07, 6.45) is 2.61. The molecule has 3 nitrogen and oxygen atoms in total. The fourth-order valence-corrected chi connectivity index (χ4v) is 3.01. The lowest BCUT2D eigenvalue weighted by Crippen LogP contribution is -2.42. The van der Waals surface area contributed by atoms with Gasteiger partial charge in [0.05, 0.1) is 5.60 Å². The molecule has 0 bridgehead atoms. The molecule has 2 rings (SSSR count). The zero-order chi connectivity index (χ0) is 13.9. The molecule has 1 aromatic rings. The molecule has 1 aliphatic heterocycles. The van der Waals surface area contributed by atoms with E-state index in [1.165, 1.54) is 11.3 Å². The molecular weight excluding hydrogens is 236 g/mol. The van der Waals surface area contributed by atoms with Gasteiger partial charge >= 0.3 is 0 Å².